The van der Waals surface area contributed by atoms with E-state index < -0.39 is 24.1 Å². The number of hydrogen-bond acceptors (Lipinski definition) is 7. The average molecular weight is 738 g/mol. The Morgan fingerprint density at radius 3 is 1.55 bits per heavy atom. The molecule has 2 atom stereocenters. The Hall–Kier alpha value is -3.75. The Balaban J connectivity index is 4.49. The number of aliphatic carboxylic acids is 1. The number of carbonyl (C=O) groups is 3. The summed E-state index contributed by atoms with van der Waals surface area (Å²) in [5, 5.41) is 11.6. The predicted octanol–water partition coefficient (Wildman–Crippen LogP) is 9.01. The summed E-state index contributed by atoms with van der Waals surface area (Å²) in [6.45, 7) is 4.25. The first-order chi connectivity index (χ1) is 25.6. The Bertz CT molecular complexity index is 1180. The van der Waals surface area contributed by atoms with Crippen molar-refractivity contribution < 1.29 is 38.2 Å². The molecule has 8 heteroatoms. The molecule has 0 aliphatic rings. The van der Waals surface area contributed by atoms with Crippen LogP contribution < -0.4 is 5.11 Å². The van der Waals surface area contributed by atoms with Crippen molar-refractivity contribution in [1.82, 2.24) is 0 Å². The molecule has 0 heterocycles. The second-order valence-electron chi connectivity index (χ2n) is 13.8. The Morgan fingerprint density at radius 2 is 1.06 bits per heavy atom. The summed E-state index contributed by atoms with van der Waals surface area (Å²) in [4.78, 5) is 36.6. The van der Waals surface area contributed by atoms with Gasteiger partial charge in [-0.15, -0.1) is 0 Å². The van der Waals surface area contributed by atoms with E-state index in [2.05, 4.69) is 92.8 Å². The van der Waals surface area contributed by atoms with Gasteiger partial charge in [0.2, 0.25) is 0 Å². The maximum atomic E-state index is 12.7. The highest BCUT2D eigenvalue weighted by Gasteiger charge is 2.25. The van der Waals surface area contributed by atoms with Gasteiger partial charge < -0.3 is 28.6 Å². The molecule has 0 bridgehead atoms. The lowest BCUT2D eigenvalue weighted by atomic mass is 10.1. The zero-order valence-electron chi connectivity index (χ0n) is 33.6. The normalized spacial score (nSPS) is 14.1. The number of allylic oxidation sites excluding steroid dienone is 15. The number of unbranched alkanes of at least 4 members (excludes halogenated alkanes) is 4. The number of ether oxygens (including phenoxy) is 3. The van der Waals surface area contributed by atoms with E-state index >= 15 is 0 Å². The minimum Gasteiger partial charge on any atom is -0.544 e. The van der Waals surface area contributed by atoms with E-state index in [1.807, 2.05) is 12.2 Å². The second-order valence-corrected chi connectivity index (χ2v) is 13.8. The van der Waals surface area contributed by atoms with Gasteiger partial charge in [-0.1, -0.05) is 124 Å². The molecule has 0 spiro atoms. The fourth-order valence-electron chi connectivity index (χ4n) is 4.98. The summed E-state index contributed by atoms with van der Waals surface area (Å²) in [7, 11) is 5.35. The van der Waals surface area contributed by atoms with Gasteiger partial charge in [-0.3, -0.25) is 9.59 Å². The summed E-state index contributed by atoms with van der Waals surface area (Å²) < 4.78 is 16.9. The van der Waals surface area contributed by atoms with Crippen LogP contribution in [0.2, 0.25) is 0 Å². The van der Waals surface area contributed by atoms with Gasteiger partial charge in [-0.05, 0) is 70.6 Å². The number of esters is 2. The number of carboxylic acids is 1. The number of likely N-dealkylation sites (N-methyl/N-ethyl adjacent to an activating group) is 1. The third kappa shape index (κ3) is 33.8. The molecule has 2 unspecified atom stereocenters. The molecule has 0 saturated carbocycles. The van der Waals surface area contributed by atoms with Crippen molar-refractivity contribution in [3.05, 3.63) is 97.2 Å². The van der Waals surface area contributed by atoms with Gasteiger partial charge in [0.25, 0.3) is 0 Å². The molecule has 0 rings (SSSR count). The number of carbonyl (C=O) groups excluding carboxylic acids is 3. The quantitative estimate of drug-likeness (QED) is 0.0287. The summed E-state index contributed by atoms with van der Waals surface area (Å²) in [5.41, 5.74) is 0. The van der Waals surface area contributed by atoms with Crippen LogP contribution in [0.1, 0.15) is 117 Å². The fourth-order valence-corrected chi connectivity index (χ4v) is 4.98. The van der Waals surface area contributed by atoms with E-state index in [0.29, 0.717) is 6.42 Å². The molecular formula is C45H71NO7. The molecule has 298 valence electrons. The third-order valence-electron chi connectivity index (χ3n) is 8.00. The van der Waals surface area contributed by atoms with Gasteiger partial charge in [-0.2, -0.15) is 0 Å². The largest absolute Gasteiger partial charge is 0.544 e. The molecule has 0 radical (unpaired) electrons. The zero-order valence-corrected chi connectivity index (χ0v) is 33.6. The summed E-state index contributed by atoms with van der Waals surface area (Å²) in [5.74, 6) is -1.94. The summed E-state index contributed by atoms with van der Waals surface area (Å²) in [6.07, 6.45) is 46.2. The maximum absolute atomic E-state index is 12.7. The van der Waals surface area contributed by atoms with Crippen molar-refractivity contribution in [2.24, 2.45) is 0 Å². The Morgan fingerprint density at radius 1 is 0.585 bits per heavy atom. The van der Waals surface area contributed by atoms with Crippen LogP contribution in [-0.2, 0) is 28.6 Å². The lowest BCUT2D eigenvalue weighted by Crippen LogP contribution is -2.55. The van der Waals surface area contributed by atoms with E-state index in [4.69, 9.17) is 14.2 Å². The zero-order chi connectivity index (χ0) is 39.3. The smallest absolute Gasteiger partial charge is 0.309 e. The first kappa shape index (κ1) is 49.2. The van der Waals surface area contributed by atoms with Crippen LogP contribution in [0.4, 0.5) is 0 Å². The van der Waals surface area contributed by atoms with Crippen LogP contribution in [0, 0.1) is 0 Å². The van der Waals surface area contributed by atoms with Crippen molar-refractivity contribution >= 4 is 17.9 Å². The van der Waals surface area contributed by atoms with Crippen LogP contribution in [-0.4, -0.2) is 75.5 Å². The van der Waals surface area contributed by atoms with E-state index in [1.165, 1.54) is 0 Å². The molecule has 0 aliphatic heterocycles. The van der Waals surface area contributed by atoms with Gasteiger partial charge >= 0.3 is 11.9 Å². The van der Waals surface area contributed by atoms with Crippen LogP contribution in [0.5, 0.6) is 0 Å². The van der Waals surface area contributed by atoms with Crippen molar-refractivity contribution in [1.29, 1.82) is 0 Å². The maximum Gasteiger partial charge on any atom is 0.309 e. The molecular weight excluding hydrogens is 666 g/mol. The van der Waals surface area contributed by atoms with Gasteiger partial charge in [0.05, 0.1) is 46.7 Å². The number of quaternary nitrogens is 1. The molecule has 0 amide bonds. The molecule has 53 heavy (non-hydrogen) atoms. The first-order valence-electron chi connectivity index (χ1n) is 19.8. The van der Waals surface area contributed by atoms with Gasteiger partial charge in [-0.25, -0.2) is 0 Å². The molecule has 0 saturated heterocycles. The van der Waals surface area contributed by atoms with Crippen LogP contribution in [0.25, 0.3) is 0 Å². The number of hydrogen-bond donors (Lipinski definition) is 0. The standard InChI is InChI=1S/C45H71NO7/c1-6-8-10-12-14-16-17-18-19-20-21-22-23-24-25-26-28-30-32-34-36-44(48)53-41(39-51-38-37-42(45(49)50)46(3,4)5)40-52-43(47)35-33-31-29-27-15-13-11-9-7-2/h8-11,14-16,18-19,21-22,24-25,27,31,33,41-42H,6-7,12-13,17,20,23,26,28-30,32,34-40H2,1-5H3/b10-8+,11-9+,16-14+,19-18+,22-21+,25-24+,27-15+,33-31+. The summed E-state index contributed by atoms with van der Waals surface area (Å²) in [6, 6.07) is -0.746. The van der Waals surface area contributed by atoms with E-state index in [1.54, 1.807) is 27.2 Å². The highest BCUT2D eigenvalue weighted by Crippen LogP contribution is 2.11. The predicted molar refractivity (Wildman–Crippen MR) is 217 cm³/mol. The number of carboxylic acid groups (broad SMARTS) is 1. The Labute approximate surface area is 322 Å². The minimum absolute atomic E-state index is 0.00368. The second kappa shape index (κ2) is 35.3. The SMILES string of the molecule is CC/C=C/C/C=C/C/C=C/C/C=C/C/C=C/CCCCCCC(=O)OC(COCCC(C(=O)[O-])[N+](C)(C)C)COC(=O)C/C=C/C/C=C/C/C=C/CC. The Kier molecular flexibility index (Phi) is 32.8. The molecule has 0 aromatic heterocycles. The summed E-state index contributed by atoms with van der Waals surface area (Å²) >= 11 is 0. The van der Waals surface area contributed by atoms with Crippen molar-refractivity contribution in [2.45, 2.75) is 129 Å². The van der Waals surface area contributed by atoms with E-state index in [0.717, 1.165) is 77.0 Å². The molecule has 0 fully saturated rings. The van der Waals surface area contributed by atoms with Crippen molar-refractivity contribution in [2.75, 3.05) is 41.0 Å². The minimum atomic E-state index is -1.15. The van der Waals surface area contributed by atoms with E-state index in [9.17, 15) is 19.5 Å². The molecule has 0 aliphatic carbocycles. The molecule has 8 nitrogen and oxygen atoms in total. The highest BCUT2D eigenvalue weighted by atomic mass is 16.6. The molecule has 0 aromatic carbocycles. The monoisotopic (exact) mass is 738 g/mol. The lowest BCUT2D eigenvalue weighted by molar-refractivity contribution is -0.889. The lowest BCUT2D eigenvalue weighted by Gasteiger charge is -2.34. The number of rotatable bonds is 33. The number of nitrogens with zero attached hydrogens (tertiary/aromatic N) is 1. The molecule has 0 N–H and O–H groups in total. The topological polar surface area (TPSA) is 102 Å². The fraction of sp³-hybridized carbons (Fsp3) is 0.578. The van der Waals surface area contributed by atoms with Crippen LogP contribution >= 0.6 is 0 Å². The van der Waals surface area contributed by atoms with Gasteiger partial charge in [0.1, 0.15) is 12.6 Å². The average Bonchev–Trinajstić information content (AvgIpc) is 3.11. The third-order valence-corrected chi connectivity index (χ3v) is 8.00. The van der Waals surface area contributed by atoms with Crippen molar-refractivity contribution in [3.8, 4) is 0 Å². The first-order valence-corrected chi connectivity index (χ1v) is 19.8. The van der Waals surface area contributed by atoms with E-state index in [-0.39, 0.29) is 49.5 Å². The highest BCUT2D eigenvalue weighted by molar-refractivity contribution is 5.71. The van der Waals surface area contributed by atoms with Crippen molar-refractivity contribution in [3.63, 3.8) is 0 Å². The van der Waals surface area contributed by atoms with Gasteiger partial charge in [0.15, 0.2) is 6.10 Å². The van der Waals surface area contributed by atoms with Crippen LogP contribution in [0.3, 0.4) is 0 Å². The molecule has 0 aromatic rings. The van der Waals surface area contributed by atoms with Gasteiger partial charge in [0, 0.05) is 12.8 Å². The van der Waals surface area contributed by atoms with Crippen LogP contribution in [0.15, 0.2) is 97.2 Å².